The number of hydrogen-bond acceptors (Lipinski definition) is 3. The van der Waals surface area contributed by atoms with Crippen molar-refractivity contribution >= 4 is 5.97 Å². The van der Waals surface area contributed by atoms with Crippen LogP contribution < -0.4 is 0 Å². The smallest absolute Gasteiger partial charge is 0.333 e. The standard InChI is InChI=1S/C8H10O3/c1-4-10-5-6-11-8(9)7(2)3/h1H,2,5-6H2,3H3. The van der Waals surface area contributed by atoms with E-state index in [0.717, 1.165) is 0 Å². The molecule has 0 rings (SSSR count). The van der Waals surface area contributed by atoms with Gasteiger partial charge in [-0.15, -0.1) is 0 Å². The maximum Gasteiger partial charge on any atom is 0.333 e. The Hall–Kier alpha value is -1.43. The molecule has 0 aromatic carbocycles. The molecule has 0 saturated heterocycles. The van der Waals surface area contributed by atoms with E-state index in [4.69, 9.17) is 6.42 Å². The van der Waals surface area contributed by atoms with Gasteiger partial charge in [-0.2, -0.15) is 0 Å². The van der Waals surface area contributed by atoms with Gasteiger partial charge in [0.15, 0.2) is 0 Å². The number of rotatable bonds is 4. The van der Waals surface area contributed by atoms with Crippen LogP contribution in [0.15, 0.2) is 12.2 Å². The second-order valence-electron chi connectivity index (χ2n) is 1.88. The van der Waals surface area contributed by atoms with E-state index in [9.17, 15) is 4.79 Å². The van der Waals surface area contributed by atoms with Crippen molar-refractivity contribution in [3.63, 3.8) is 0 Å². The minimum Gasteiger partial charge on any atom is -0.459 e. The zero-order valence-corrected chi connectivity index (χ0v) is 6.42. The number of terminal acetylenes is 1. The minimum absolute atomic E-state index is 0.163. The monoisotopic (exact) mass is 154 g/mol. The zero-order valence-electron chi connectivity index (χ0n) is 6.42. The second-order valence-corrected chi connectivity index (χ2v) is 1.88. The Morgan fingerprint density at radius 1 is 1.64 bits per heavy atom. The van der Waals surface area contributed by atoms with Gasteiger partial charge in [-0.3, -0.25) is 0 Å². The summed E-state index contributed by atoms with van der Waals surface area (Å²) in [6.45, 7) is 5.35. The van der Waals surface area contributed by atoms with E-state index < -0.39 is 5.97 Å². The fourth-order valence-electron chi connectivity index (χ4n) is 0.358. The lowest BCUT2D eigenvalue weighted by Gasteiger charge is -2.01. The van der Waals surface area contributed by atoms with Crippen molar-refractivity contribution in [2.24, 2.45) is 0 Å². The Labute approximate surface area is 66.0 Å². The molecule has 0 saturated carbocycles. The highest BCUT2D eigenvalue weighted by atomic mass is 16.6. The highest BCUT2D eigenvalue weighted by Gasteiger charge is 2.00. The molecule has 0 atom stereocenters. The van der Waals surface area contributed by atoms with Gasteiger partial charge in [-0.05, 0) is 6.92 Å². The number of esters is 1. The molecule has 0 fully saturated rings. The average molecular weight is 154 g/mol. The molecule has 0 aromatic rings. The fourth-order valence-corrected chi connectivity index (χ4v) is 0.358. The maximum atomic E-state index is 10.7. The Bertz CT molecular complexity index is 188. The molecule has 0 radical (unpaired) electrons. The third-order valence-electron chi connectivity index (χ3n) is 0.850. The Morgan fingerprint density at radius 2 is 2.27 bits per heavy atom. The molecule has 11 heavy (non-hydrogen) atoms. The molecule has 0 aliphatic carbocycles. The quantitative estimate of drug-likeness (QED) is 0.259. The summed E-state index contributed by atoms with van der Waals surface area (Å²) in [6, 6.07) is 0. The summed E-state index contributed by atoms with van der Waals surface area (Å²) in [7, 11) is 0. The van der Waals surface area contributed by atoms with Crippen molar-refractivity contribution in [2.45, 2.75) is 6.92 Å². The maximum absolute atomic E-state index is 10.7. The molecule has 0 aliphatic rings. The van der Waals surface area contributed by atoms with Crippen LogP contribution in [0.4, 0.5) is 0 Å². The lowest BCUT2D eigenvalue weighted by atomic mass is 10.4. The molecule has 0 N–H and O–H groups in total. The minimum atomic E-state index is -0.425. The van der Waals surface area contributed by atoms with Crippen LogP contribution in [0.5, 0.6) is 0 Å². The van der Waals surface area contributed by atoms with Crippen molar-refractivity contribution in [3.8, 4) is 12.5 Å². The van der Waals surface area contributed by atoms with E-state index in [1.165, 1.54) is 0 Å². The molecule has 0 bridgehead atoms. The Kier molecular flexibility index (Phi) is 4.67. The molecular formula is C8H10O3. The molecule has 3 nitrogen and oxygen atoms in total. The summed E-state index contributed by atoms with van der Waals surface area (Å²) < 4.78 is 9.13. The van der Waals surface area contributed by atoms with Gasteiger partial charge in [-0.25, -0.2) is 4.79 Å². The molecule has 0 amide bonds. The van der Waals surface area contributed by atoms with Crippen LogP contribution in [-0.4, -0.2) is 19.2 Å². The summed E-state index contributed by atoms with van der Waals surface area (Å²) in [5.74, 6) is -0.425. The fraction of sp³-hybridized carbons (Fsp3) is 0.375. The van der Waals surface area contributed by atoms with Gasteiger partial charge in [0, 0.05) is 5.57 Å². The van der Waals surface area contributed by atoms with Gasteiger partial charge in [0.1, 0.15) is 19.3 Å². The van der Waals surface area contributed by atoms with E-state index in [2.05, 4.69) is 16.1 Å². The zero-order chi connectivity index (χ0) is 8.69. The highest BCUT2D eigenvalue weighted by Crippen LogP contribution is 1.90. The topological polar surface area (TPSA) is 35.5 Å². The normalized spacial score (nSPS) is 8.00. The van der Waals surface area contributed by atoms with E-state index in [1.807, 2.05) is 6.11 Å². The molecule has 0 aliphatic heterocycles. The molecule has 0 heterocycles. The summed E-state index contributed by atoms with van der Waals surface area (Å²) in [6.07, 6.45) is 6.73. The molecule has 0 unspecified atom stereocenters. The molecule has 0 spiro atoms. The molecule has 3 heteroatoms. The first-order valence-electron chi connectivity index (χ1n) is 3.08. The van der Waals surface area contributed by atoms with Crippen LogP contribution in [-0.2, 0) is 14.3 Å². The SMILES string of the molecule is C#COCCOC(=O)C(=C)C. The van der Waals surface area contributed by atoms with Gasteiger partial charge in [-0.1, -0.05) is 13.0 Å². The van der Waals surface area contributed by atoms with E-state index in [1.54, 1.807) is 6.92 Å². The lowest BCUT2D eigenvalue weighted by Crippen LogP contribution is -2.09. The predicted octanol–water partition coefficient (Wildman–Crippen LogP) is 0.713. The summed E-state index contributed by atoms with van der Waals surface area (Å²) in [4.78, 5) is 10.7. The van der Waals surface area contributed by atoms with Gasteiger partial charge >= 0.3 is 5.97 Å². The van der Waals surface area contributed by atoms with Gasteiger partial charge in [0.05, 0.1) is 0 Å². The first-order valence-corrected chi connectivity index (χ1v) is 3.08. The van der Waals surface area contributed by atoms with Gasteiger partial charge < -0.3 is 9.47 Å². The second kappa shape index (κ2) is 5.36. The average Bonchev–Trinajstić information content (AvgIpc) is 1.97. The van der Waals surface area contributed by atoms with Crippen LogP contribution in [0, 0.1) is 12.5 Å². The number of ether oxygens (including phenoxy) is 2. The van der Waals surface area contributed by atoms with Crippen molar-refractivity contribution in [3.05, 3.63) is 12.2 Å². The number of hydrogen-bond donors (Lipinski definition) is 0. The largest absolute Gasteiger partial charge is 0.459 e. The van der Waals surface area contributed by atoms with Crippen molar-refractivity contribution in [1.82, 2.24) is 0 Å². The summed E-state index contributed by atoms with van der Waals surface area (Å²) in [5.41, 5.74) is 0.366. The summed E-state index contributed by atoms with van der Waals surface area (Å²) in [5, 5.41) is 0. The lowest BCUT2D eigenvalue weighted by molar-refractivity contribution is -0.139. The Balaban J connectivity index is 3.34. The van der Waals surface area contributed by atoms with Crippen LogP contribution in [0.1, 0.15) is 6.92 Å². The third kappa shape index (κ3) is 5.04. The molecule has 60 valence electrons. The predicted molar refractivity (Wildman–Crippen MR) is 40.6 cm³/mol. The summed E-state index contributed by atoms with van der Waals surface area (Å²) >= 11 is 0. The van der Waals surface area contributed by atoms with Crippen molar-refractivity contribution < 1.29 is 14.3 Å². The van der Waals surface area contributed by atoms with Crippen LogP contribution >= 0.6 is 0 Å². The molecular weight excluding hydrogens is 144 g/mol. The van der Waals surface area contributed by atoms with E-state index >= 15 is 0 Å². The Morgan fingerprint density at radius 3 is 2.73 bits per heavy atom. The molecule has 0 aromatic heterocycles. The van der Waals surface area contributed by atoms with Gasteiger partial charge in [0.25, 0.3) is 0 Å². The van der Waals surface area contributed by atoms with Crippen LogP contribution in [0.3, 0.4) is 0 Å². The van der Waals surface area contributed by atoms with Gasteiger partial charge in [0.2, 0.25) is 0 Å². The number of carbonyl (C=O) groups excluding carboxylic acids is 1. The van der Waals surface area contributed by atoms with Crippen molar-refractivity contribution in [2.75, 3.05) is 13.2 Å². The van der Waals surface area contributed by atoms with Crippen LogP contribution in [0.25, 0.3) is 0 Å². The van der Waals surface area contributed by atoms with Crippen molar-refractivity contribution in [1.29, 1.82) is 0 Å². The van der Waals surface area contributed by atoms with E-state index in [0.29, 0.717) is 5.57 Å². The first-order chi connectivity index (χ1) is 5.18. The number of carbonyl (C=O) groups is 1. The first kappa shape index (κ1) is 9.57. The van der Waals surface area contributed by atoms with E-state index in [-0.39, 0.29) is 13.2 Å². The highest BCUT2D eigenvalue weighted by molar-refractivity contribution is 5.86. The third-order valence-corrected chi connectivity index (χ3v) is 0.850. The van der Waals surface area contributed by atoms with Crippen LogP contribution in [0.2, 0.25) is 0 Å².